The quantitative estimate of drug-likeness (QED) is 0.752. The Morgan fingerprint density at radius 1 is 1.20 bits per heavy atom. The summed E-state index contributed by atoms with van der Waals surface area (Å²) in [6, 6.07) is 12.9. The molecule has 1 saturated heterocycles. The van der Waals surface area contributed by atoms with E-state index in [-0.39, 0.29) is 11.6 Å². The number of rotatable bonds is 1. The molecular formula is C20H22N2O2S. The number of nitrogens with zero attached hydrogens (tertiary/aromatic N) is 2. The van der Waals surface area contributed by atoms with Crippen LogP contribution in [0.4, 0.5) is 0 Å². The van der Waals surface area contributed by atoms with Gasteiger partial charge < -0.3 is 9.47 Å². The molecular weight excluding hydrogens is 332 g/mol. The van der Waals surface area contributed by atoms with Gasteiger partial charge in [-0.2, -0.15) is 5.10 Å². The Kier molecular flexibility index (Phi) is 3.28. The van der Waals surface area contributed by atoms with Gasteiger partial charge in [-0.05, 0) is 31.4 Å². The van der Waals surface area contributed by atoms with Crippen molar-refractivity contribution >= 4 is 17.0 Å². The zero-order chi connectivity index (χ0) is 17.1. The van der Waals surface area contributed by atoms with E-state index in [0.717, 1.165) is 25.0 Å². The summed E-state index contributed by atoms with van der Waals surface area (Å²) in [6.07, 6.45) is 2.58. The number of thiophene rings is 1. The lowest BCUT2D eigenvalue weighted by Crippen LogP contribution is -2.60. The number of hydrazone groups is 1. The van der Waals surface area contributed by atoms with Crippen LogP contribution in [0.3, 0.4) is 0 Å². The Bertz CT molecular complexity index is 830. The molecule has 3 aliphatic rings. The highest BCUT2D eigenvalue weighted by atomic mass is 32.1. The molecule has 1 aromatic carbocycles. The van der Waals surface area contributed by atoms with Crippen molar-refractivity contribution in [3.63, 3.8) is 0 Å². The van der Waals surface area contributed by atoms with Crippen molar-refractivity contribution in [3.8, 4) is 5.75 Å². The molecule has 0 bridgehead atoms. The van der Waals surface area contributed by atoms with Gasteiger partial charge in [0.25, 0.3) is 0 Å². The fraction of sp³-hybridized carbons (Fsp3) is 0.450. The van der Waals surface area contributed by atoms with Crippen molar-refractivity contribution in [2.24, 2.45) is 5.10 Å². The lowest BCUT2D eigenvalue weighted by molar-refractivity contribution is -0.212. The number of fused-ring (bicyclic) bond motifs is 4. The van der Waals surface area contributed by atoms with Crippen molar-refractivity contribution in [1.82, 2.24) is 5.01 Å². The summed E-state index contributed by atoms with van der Waals surface area (Å²) in [5.74, 6) is 1.00. The maximum atomic E-state index is 6.62. The first-order valence-corrected chi connectivity index (χ1v) is 9.77. The lowest BCUT2D eigenvalue weighted by Gasteiger charge is -2.52. The molecule has 1 aromatic heterocycles. The van der Waals surface area contributed by atoms with Crippen molar-refractivity contribution in [3.05, 3.63) is 52.2 Å². The highest BCUT2D eigenvalue weighted by Crippen LogP contribution is 2.51. The highest BCUT2D eigenvalue weighted by molar-refractivity contribution is 7.12. The number of benzene rings is 1. The van der Waals surface area contributed by atoms with E-state index in [1.165, 1.54) is 16.2 Å². The Morgan fingerprint density at radius 3 is 2.88 bits per heavy atom. The minimum absolute atomic E-state index is 0.212. The fourth-order valence-electron chi connectivity index (χ4n) is 4.39. The van der Waals surface area contributed by atoms with E-state index in [2.05, 4.69) is 60.6 Å². The molecule has 1 fully saturated rings. The maximum Gasteiger partial charge on any atom is 0.203 e. The highest BCUT2D eigenvalue weighted by Gasteiger charge is 2.54. The Labute approximate surface area is 152 Å². The molecule has 0 unspecified atom stereocenters. The summed E-state index contributed by atoms with van der Waals surface area (Å²) in [7, 11) is 0. The SMILES string of the molecule is CC1(C)C[C@@]2(CCO1)Oc1ccccc1[C@H]1CC(c3cccs3)=NN12. The van der Waals surface area contributed by atoms with Crippen LogP contribution in [-0.4, -0.2) is 28.7 Å². The van der Waals surface area contributed by atoms with Crippen molar-refractivity contribution in [2.75, 3.05) is 6.61 Å². The normalized spacial score (nSPS) is 29.8. The van der Waals surface area contributed by atoms with Crippen molar-refractivity contribution in [2.45, 2.75) is 50.5 Å². The average Bonchev–Trinajstić information content (AvgIpc) is 3.24. The summed E-state index contributed by atoms with van der Waals surface area (Å²) in [6.45, 7) is 4.99. The van der Waals surface area contributed by atoms with Gasteiger partial charge in [0.2, 0.25) is 5.72 Å². The second-order valence-corrected chi connectivity index (χ2v) is 8.66. The first kappa shape index (κ1) is 15.4. The predicted octanol–water partition coefficient (Wildman–Crippen LogP) is 4.58. The predicted molar refractivity (Wildman–Crippen MR) is 99.1 cm³/mol. The zero-order valence-corrected chi connectivity index (χ0v) is 15.4. The minimum atomic E-state index is -0.417. The van der Waals surface area contributed by atoms with Crippen LogP contribution in [-0.2, 0) is 4.74 Å². The maximum absolute atomic E-state index is 6.62. The second-order valence-electron chi connectivity index (χ2n) is 7.71. The summed E-state index contributed by atoms with van der Waals surface area (Å²) in [5.41, 5.74) is 1.78. The molecule has 0 amide bonds. The van der Waals surface area contributed by atoms with E-state index in [4.69, 9.17) is 14.6 Å². The van der Waals surface area contributed by atoms with Gasteiger partial charge in [0.05, 0.1) is 28.8 Å². The zero-order valence-electron chi connectivity index (χ0n) is 14.6. The van der Waals surface area contributed by atoms with Crippen LogP contribution in [0.5, 0.6) is 5.75 Å². The molecule has 0 radical (unpaired) electrons. The molecule has 5 rings (SSSR count). The van der Waals surface area contributed by atoms with E-state index in [0.29, 0.717) is 6.61 Å². The third-order valence-electron chi connectivity index (χ3n) is 5.40. The van der Waals surface area contributed by atoms with Crippen LogP contribution in [0.15, 0.2) is 46.9 Å². The van der Waals surface area contributed by atoms with Crippen LogP contribution >= 0.6 is 11.3 Å². The number of hydrogen-bond donors (Lipinski definition) is 0. The van der Waals surface area contributed by atoms with Gasteiger partial charge in [0, 0.05) is 24.8 Å². The smallest absolute Gasteiger partial charge is 0.203 e. The van der Waals surface area contributed by atoms with Crippen LogP contribution in [0, 0.1) is 0 Å². The van der Waals surface area contributed by atoms with E-state index in [1.54, 1.807) is 11.3 Å². The first-order chi connectivity index (χ1) is 12.1. The van der Waals surface area contributed by atoms with Gasteiger partial charge in [-0.1, -0.05) is 24.3 Å². The van der Waals surface area contributed by atoms with Gasteiger partial charge in [-0.25, -0.2) is 5.01 Å². The van der Waals surface area contributed by atoms with Crippen molar-refractivity contribution < 1.29 is 9.47 Å². The molecule has 1 spiro atoms. The third-order valence-corrected chi connectivity index (χ3v) is 6.32. The Hall–Kier alpha value is -1.85. The summed E-state index contributed by atoms with van der Waals surface area (Å²) in [4.78, 5) is 1.26. The minimum Gasteiger partial charge on any atom is -0.466 e. The summed E-state index contributed by atoms with van der Waals surface area (Å²) >= 11 is 1.76. The molecule has 2 aromatic rings. The van der Waals surface area contributed by atoms with Gasteiger partial charge in [-0.15, -0.1) is 11.3 Å². The monoisotopic (exact) mass is 354 g/mol. The van der Waals surface area contributed by atoms with Crippen molar-refractivity contribution in [1.29, 1.82) is 0 Å². The van der Waals surface area contributed by atoms with Crippen LogP contribution in [0.1, 0.15) is 49.6 Å². The van der Waals surface area contributed by atoms with Gasteiger partial charge in [0.1, 0.15) is 5.75 Å². The van der Waals surface area contributed by atoms with Crippen LogP contribution < -0.4 is 4.74 Å². The molecule has 130 valence electrons. The molecule has 4 nitrogen and oxygen atoms in total. The van der Waals surface area contributed by atoms with Gasteiger partial charge in [-0.3, -0.25) is 0 Å². The van der Waals surface area contributed by atoms with E-state index in [1.807, 2.05) is 0 Å². The van der Waals surface area contributed by atoms with Gasteiger partial charge >= 0.3 is 0 Å². The van der Waals surface area contributed by atoms with Crippen LogP contribution in [0.25, 0.3) is 0 Å². The number of ether oxygens (including phenoxy) is 2. The van der Waals surface area contributed by atoms with Crippen LogP contribution in [0.2, 0.25) is 0 Å². The average molecular weight is 354 g/mol. The molecule has 4 heterocycles. The molecule has 0 aliphatic carbocycles. The second kappa shape index (κ2) is 5.32. The molecule has 3 aliphatic heterocycles. The number of hydrogen-bond acceptors (Lipinski definition) is 5. The Morgan fingerprint density at radius 2 is 2.08 bits per heavy atom. The molecule has 0 N–H and O–H groups in total. The molecule has 2 atom stereocenters. The van der Waals surface area contributed by atoms with E-state index in [9.17, 15) is 0 Å². The molecule has 0 saturated carbocycles. The number of para-hydroxylation sites is 1. The molecule has 25 heavy (non-hydrogen) atoms. The molecule has 5 heteroatoms. The summed E-state index contributed by atoms with van der Waals surface area (Å²) < 4.78 is 12.6. The first-order valence-electron chi connectivity index (χ1n) is 8.89. The standard InChI is InChI=1S/C20H22N2O2S/c1-19(2)13-20(9-10-23-19)22-16(14-6-3-4-7-17(14)24-20)12-15(21-22)18-8-5-11-25-18/h3-8,11,16H,9-10,12-13H2,1-2H3/t16-,20-/m1/s1. The lowest BCUT2D eigenvalue weighted by atomic mass is 9.86. The van der Waals surface area contributed by atoms with E-state index >= 15 is 0 Å². The van der Waals surface area contributed by atoms with Gasteiger partial charge in [0.15, 0.2) is 0 Å². The fourth-order valence-corrected chi connectivity index (χ4v) is 5.12. The largest absolute Gasteiger partial charge is 0.466 e. The third kappa shape index (κ3) is 2.41. The van der Waals surface area contributed by atoms with E-state index < -0.39 is 5.72 Å². The summed E-state index contributed by atoms with van der Waals surface area (Å²) in [5, 5.41) is 9.44. The Balaban J connectivity index is 1.62. The topological polar surface area (TPSA) is 34.1 Å².